The molecule has 0 unspecified atom stereocenters. The number of ketones is 1. The molecular weight excluding hydrogens is 170 g/mol. The van der Waals surface area contributed by atoms with Crippen LogP contribution in [-0.4, -0.2) is 17.6 Å². The van der Waals surface area contributed by atoms with Crippen molar-refractivity contribution >= 4 is 18.4 Å². The van der Waals surface area contributed by atoms with Crippen LogP contribution in [0.4, 0.5) is 0 Å². The Morgan fingerprint density at radius 3 is 2.50 bits per heavy atom. The summed E-state index contributed by atoms with van der Waals surface area (Å²) in [5.74, 6) is 0.332. The molecule has 2 N–H and O–H groups in total. The highest BCUT2D eigenvalue weighted by molar-refractivity contribution is 7.80. The molecule has 0 aliphatic carbocycles. The number of nitrogens with two attached hydrogens (primary N) is 1. The van der Waals surface area contributed by atoms with Gasteiger partial charge in [-0.05, 0) is 0 Å². The first kappa shape index (κ1) is 9.29. The minimum Gasteiger partial charge on any atom is -0.321 e. The zero-order chi connectivity index (χ0) is 8.97. The van der Waals surface area contributed by atoms with Gasteiger partial charge < -0.3 is 5.73 Å². The summed E-state index contributed by atoms with van der Waals surface area (Å²) in [4.78, 5) is 11.4. The van der Waals surface area contributed by atoms with E-state index in [4.69, 9.17) is 5.73 Å². The lowest BCUT2D eigenvalue weighted by atomic mass is 10.1. The van der Waals surface area contributed by atoms with E-state index in [1.807, 2.05) is 18.2 Å². The minimum absolute atomic E-state index is 0.0504. The van der Waals surface area contributed by atoms with Gasteiger partial charge in [0.05, 0.1) is 6.04 Å². The zero-order valence-electron chi connectivity index (χ0n) is 6.60. The van der Waals surface area contributed by atoms with Gasteiger partial charge in [-0.15, -0.1) is 0 Å². The number of Topliss-reactive ketones (excluding diaryl/α,β-unsaturated/α-hetero) is 1. The summed E-state index contributed by atoms with van der Waals surface area (Å²) in [6.07, 6.45) is 0. The maximum Gasteiger partial charge on any atom is 0.180 e. The molecule has 3 heteroatoms. The largest absolute Gasteiger partial charge is 0.321 e. The molecule has 0 fully saturated rings. The van der Waals surface area contributed by atoms with Crippen LogP contribution in [0.1, 0.15) is 10.4 Å². The van der Waals surface area contributed by atoms with E-state index in [0.717, 1.165) is 0 Å². The second-order valence-corrected chi connectivity index (χ2v) is 2.88. The van der Waals surface area contributed by atoms with Crippen molar-refractivity contribution in [3.05, 3.63) is 35.9 Å². The Bertz CT molecular complexity index is 260. The molecule has 0 aromatic heterocycles. The van der Waals surface area contributed by atoms with Gasteiger partial charge in [-0.2, -0.15) is 12.6 Å². The third kappa shape index (κ3) is 2.09. The predicted octanol–water partition coefficient (Wildman–Crippen LogP) is 1.13. The molecule has 0 radical (unpaired) electrons. The highest BCUT2D eigenvalue weighted by atomic mass is 32.1. The van der Waals surface area contributed by atoms with Crippen LogP contribution in [0.5, 0.6) is 0 Å². The van der Waals surface area contributed by atoms with E-state index in [9.17, 15) is 4.79 Å². The first-order valence-corrected chi connectivity index (χ1v) is 4.34. The van der Waals surface area contributed by atoms with E-state index in [2.05, 4.69) is 12.6 Å². The minimum atomic E-state index is -0.490. The summed E-state index contributed by atoms with van der Waals surface area (Å²) in [6, 6.07) is 8.52. The predicted molar refractivity (Wildman–Crippen MR) is 52.6 cm³/mol. The van der Waals surface area contributed by atoms with Gasteiger partial charge in [0.25, 0.3) is 0 Å². The molecule has 0 aliphatic heterocycles. The molecular formula is C9H11NOS. The maximum atomic E-state index is 11.4. The van der Waals surface area contributed by atoms with Crippen LogP contribution in [0.3, 0.4) is 0 Å². The number of carbonyl (C=O) groups is 1. The molecule has 2 nitrogen and oxygen atoms in total. The van der Waals surface area contributed by atoms with Crippen LogP contribution in [0.15, 0.2) is 30.3 Å². The Hall–Kier alpha value is -0.800. The van der Waals surface area contributed by atoms with Crippen molar-refractivity contribution < 1.29 is 4.79 Å². The second-order valence-electron chi connectivity index (χ2n) is 2.52. The SMILES string of the molecule is N[C@@H](CS)C(=O)c1ccccc1. The first-order chi connectivity index (χ1) is 5.75. The molecule has 1 aromatic carbocycles. The molecule has 64 valence electrons. The Balaban J connectivity index is 2.79. The van der Waals surface area contributed by atoms with E-state index < -0.39 is 6.04 Å². The smallest absolute Gasteiger partial charge is 0.180 e. The van der Waals surface area contributed by atoms with Crippen molar-refractivity contribution in [1.82, 2.24) is 0 Å². The molecule has 0 saturated heterocycles. The lowest BCUT2D eigenvalue weighted by molar-refractivity contribution is 0.0970. The number of rotatable bonds is 3. The maximum absolute atomic E-state index is 11.4. The average Bonchev–Trinajstić information content (AvgIpc) is 2.17. The van der Waals surface area contributed by atoms with Crippen molar-refractivity contribution in [1.29, 1.82) is 0 Å². The summed E-state index contributed by atoms with van der Waals surface area (Å²) in [6.45, 7) is 0. The number of thiol groups is 1. The molecule has 0 heterocycles. The molecule has 1 atom stereocenters. The quantitative estimate of drug-likeness (QED) is 0.542. The third-order valence-corrected chi connectivity index (χ3v) is 1.99. The highest BCUT2D eigenvalue weighted by Crippen LogP contribution is 2.02. The van der Waals surface area contributed by atoms with Crippen molar-refractivity contribution in [2.24, 2.45) is 5.73 Å². The number of benzene rings is 1. The average molecular weight is 181 g/mol. The number of hydrogen-bond donors (Lipinski definition) is 2. The zero-order valence-corrected chi connectivity index (χ0v) is 7.50. The van der Waals surface area contributed by atoms with Crippen LogP contribution in [0.2, 0.25) is 0 Å². The van der Waals surface area contributed by atoms with Crippen LogP contribution in [-0.2, 0) is 0 Å². The van der Waals surface area contributed by atoms with Gasteiger partial charge in [-0.1, -0.05) is 30.3 Å². The standard InChI is InChI=1S/C9H11NOS/c10-8(6-12)9(11)7-4-2-1-3-5-7/h1-5,8,12H,6,10H2/t8-/m0/s1. The van der Waals surface area contributed by atoms with Crippen molar-refractivity contribution in [3.8, 4) is 0 Å². The molecule has 0 amide bonds. The van der Waals surface area contributed by atoms with E-state index in [1.165, 1.54) is 0 Å². The number of carbonyl (C=O) groups excluding carboxylic acids is 1. The fraction of sp³-hybridized carbons (Fsp3) is 0.222. The summed E-state index contributed by atoms with van der Waals surface area (Å²) in [7, 11) is 0. The Labute approximate surface area is 77.2 Å². The third-order valence-electron chi connectivity index (χ3n) is 1.59. The number of hydrogen-bond acceptors (Lipinski definition) is 3. The van der Waals surface area contributed by atoms with E-state index in [-0.39, 0.29) is 5.78 Å². The topological polar surface area (TPSA) is 43.1 Å². The fourth-order valence-electron chi connectivity index (χ4n) is 0.899. The first-order valence-electron chi connectivity index (χ1n) is 3.71. The molecule has 0 spiro atoms. The van der Waals surface area contributed by atoms with Crippen LogP contribution >= 0.6 is 12.6 Å². The summed E-state index contributed by atoms with van der Waals surface area (Å²) in [5, 5.41) is 0. The molecule has 1 aromatic rings. The Kier molecular flexibility index (Phi) is 3.31. The molecule has 0 bridgehead atoms. The van der Waals surface area contributed by atoms with Gasteiger partial charge in [0.2, 0.25) is 0 Å². The summed E-state index contributed by atoms with van der Waals surface area (Å²) < 4.78 is 0. The summed E-state index contributed by atoms with van der Waals surface area (Å²) in [5.41, 5.74) is 6.17. The van der Waals surface area contributed by atoms with Crippen LogP contribution in [0.25, 0.3) is 0 Å². The van der Waals surface area contributed by atoms with Crippen LogP contribution in [0, 0.1) is 0 Å². The van der Waals surface area contributed by atoms with E-state index in [0.29, 0.717) is 11.3 Å². The van der Waals surface area contributed by atoms with Gasteiger partial charge in [0.15, 0.2) is 5.78 Å². The van der Waals surface area contributed by atoms with Gasteiger partial charge in [0.1, 0.15) is 0 Å². The van der Waals surface area contributed by atoms with Crippen molar-refractivity contribution in [2.75, 3.05) is 5.75 Å². The van der Waals surface area contributed by atoms with Crippen molar-refractivity contribution in [2.45, 2.75) is 6.04 Å². The molecule has 12 heavy (non-hydrogen) atoms. The monoisotopic (exact) mass is 181 g/mol. The molecule has 0 saturated carbocycles. The fourth-order valence-corrected chi connectivity index (χ4v) is 1.07. The van der Waals surface area contributed by atoms with Gasteiger partial charge in [0, 0.05) is 11.3 Å². The van der Waals surface area contributed by atoms with Gasteiger partial charge in [-0.3, -0.25) is 4.79 Å². The normalized spacial score (nSPS) is 12.5. The van der Waals surface area contributed by atoms with Gasteiger partial charge in [-0.25, -0.2) is 0 Å². The van der Waals surface area contributed by atoms with Gasteiger partial charge >= 0.3 is 0 Å². The lowest BCUT2D eigenvalue weighted by Crippen LogP contribution is -2.32. The lowest BCUT2D eigenvalue weighted by Gasteiger charge is -2.05. The van der Waals surface area contributed by atoms with E-state index >= 15 is 0 Å². The summed E-state index contributed by atoms with van der Waals surface area (Å²) >= 11 is 3.96. The molecule has 1 rings (SSSR count). The second kappa shape index (κ2) is 4.28. The van der Waals surface area contributed by atoms with Crippen LogP contribution < -0.4 is 5.73 Å². The highest BCUT2D eigenvalue weighted by Gasteiger charge is 2.12. The Morgan fingerprint density at radius 1 is 1.42 bits per heavy atom. The molecule has 0 aliphatic rings. The van der Waals surface area contributed by atoms with Crippen molar-refractivity contribution in [3.63, 3.8) is 0 Å². The Morgan fingerprint density at radius 2 is 2.00 bits per heavy atom. The van der Waals surface area contributed by atoms with E-state index in [1.54, 1.807) is 12.1 Å².